The number of amides is 1. The minimum absolute atomic E-state index is 0. The van der Waals surface area contributed by atoms with Crippen LogP contribution < -0.4 is 15.8 Å². The highest BCUT2D eigenvalue weighted by molar-refractivity contribution is 5.85. The Morgan fingerprint density at radius 3 is 2.86 bits per heavy atom. The maximum Gasteiger partial charge on any atom is 0.223 e. The number of ether oxygens (including phenoxy) is 2. The van der Waals surface area contributed by atoms with Gasteiger partial charge in [-0.25, -0.2) is 0 Å². The molecular weight excluding hydrogens is 304 g/mol. The van der Waals surface area contributed by atoms with Crippen LogP contribution >= 0.6 is 12.4 Å². The summed E-state index contributed by atoms with van der Waals surface area (Å²) in [4.78, 5) is 12.0. The lowest BCUT2D eigenvalue weighted by Gasteiger charge is -2.12. The molecule has 1 aliphatic carbocycles. The lowest BCUT2D eigenvalue weighted by atomic mass is 10.1. The summed E-state index contributed by atoms with van der Waals surface area (Å²) >= 11 is 0. The van der Waals surface area contributed by atoms with Crippen molar-refractivity contribution < 1.29 is 14.3 Å². The topological polar surface area (TPSA) is 73.6 Å². The van der Waals surface area contributed by atoms with Crippen molar-refractivity contribution in [2.45, 2.75) is 31.8 Å². The lowest BCUT2D eigenvalue weighted by molar-refractivity contribution is -0.125. The zero-order valence-corrected chi connectivity index (χ0v) is 13.7. The first-order chi connectivity index (χ1) is 10.2. The summed E-state index contributed by atoms with van der Waals surface area (Å²) in [5.74, 6) is 0.969. The molecule has 0 aromatic heterocycles. The molecule has 1 fully saturated rings. The molecule has 0 heterocycles. The summed E-state index contributed by atoms with van der Waals surface area (Å²) in [6.07, 6.45) is 2.64. The average molecular weight is 329 g/mol. The van der Waals surface area contributed by atoms with Crippen LogP contribution in [0, 0.1) is 5.92 Å². The highest BCUT2D eigenvalue weighted by Gasteiger charge is 2.27. The van der Waals surface area contributed by atoms with E-state index in [1.54, 1.807) is 7.11 Å². The molecule has 1 aromatic carbocycles. The second kappa shape index (κ2) is 9.66. The van der Waals surface area contributed by atoms with Crippen LogP contribution in [0.4, 0.5) is 0 Å². The number of nitrogens with two attached hydrogens (primary N) is 1. The molecule has 1 saturated carbocycles. The Labute approximate surface area is 138 Å². The van der Waals surface area contributed by atoms with Crippen molar-refractivity contribution in [3.05, 3.63) is 29.8 Å². The van der Waals surface area contributed by atoms with E-state index >= 15 is 0 Å². The maximum absolute atomic E-state index is 12.0. The minimum Gasteiger partial charge on any atom is -0.491 e. The molecule has 6 heteroatoms. The number of methoxy groups -OCH3 is 1. The maximum atomic E-state index is 12.0. The molecule has 1 aromatic rings. The number of hydrogen-bond donors (Lipinski definition) is 2. The predicted octanol–water partition coefficient (Wildman–Crippen LogP) is 1.88. The van der Waals surface area contributed by atoms with Crippen LogP contribution in [0.25, 0.3) is 0 Å². The third-order valence-electron chi connectivity index (χ3n) is 3.77. The van der Waals surface area contributed by atoms with Crippen LogP contribution in [0.1, 0.15) is 24.8 Å². The molecule has 0 saturated heterocycles. The van der Waals surface area contributed by atoms with E-state index in [4.69, 9.17) is 15.2 Å². The Morgan fingerprint density at radius 1 is 1.36 bits per heavy atom. The Kier molecular flexibility index (Phi) is 8.24. The van der Waals surface area contributed by atoms with Gasteiger partial charge in [-0.2, -0.15) is 0 Å². The first kappa shape index (κ1) is 18.7. The third kappa shape index (κ3) is 5.83. The summed E-state index contributed by atoms with van der Waals surface area (Å²) in [6.45, 7) is 1.60. The van der Waals surface area contributed by atoms with Crippen molar-refractivity contribution in [1.29, 1.82) is 0 Å². The number of hydrogen-bond acceptors (Lipinski definition) is 4. The Morgan fingerprint density at radius 2 is 2.18 bits per heavy atom. The smallest absolute Gasteiger partial charge is 0.223 e. The monoisotopic (exact) mass is 328 g/mol. The van der Waals surface area contributed by atoms with Gasteiger partial charge in [0.25, 0.3) is 0 Å². The quantitative estimate of drug-likeness (QED) is 0.749. The normalized spacial score (nSPS) is 20.3. The number of nitrogens with one attached hydrogen (secondary N) is 1. The third-order valence-corrected chi connectivity index (χ3v) is 3.77. The molecule has 2 atom stereocenters. The molecule has 2 unspecified atom stereocenters. The van der Waals surface area contributed by atoms with Crippen molar-refractivity contribution in [2.75, 3.05) is 20.3 Å². The zero-order valence-electron chi connectivity index (χ0n) is 12.9. The van der Waals surface area contributed by atoms with Gasteiger partial charge in [-0.05, 0) is 37.0 Å². The van der Waals surface area contributed by atoms with Crippen LogP contribution in [0.2, 0.25) is 0 Å². The van der Waals surface area contributed by atoms with E-state index in [0.29, 0.717) is 19.8 Å². The number of benzene rings is 1. The van der Waals surface area contributed by atoms with Gasteiger partial charge < -0.3 is 20.5 Å². The van der Waals surface area contributed by atoms with Gasteiger partial charge in [-0.3, -0.25) is 4.79 Å². The molecule has 5 nitrogen and oxygen atoms in total. The standard InChI is InChI=1S/C16H24N2O3.ClH/c1-20-7-8-21-15-4-2-3-12(9-15)11-18-16(19)13-5-6-14(17)10-13;/h2-4,9,13-14H,5-8,10-11,17H2,1H3,(H,18,19);1H. The summed E-state index contributed by atoms with van der Waals surface area (Å²) in [5, 5.41) is 2.98. The summed E-state index contributed by atoms with van der Waals surface area (Å²) < 4.78 is 10.5. The molecular formula is C16H25ClN2O3. The molecule has 0 radical (unpaired) electrons. The number of rotatable bonds is 7. The molecule has 1 amide bonds. The zero-order chi connectivity index (χ0) is 15.1. The van der Waals surface area contributed by atoms with Gasteiger partial charge in [0.1, 0.15) is 12.4 Å². The van der Waals surface area contributed by atoms with Gasteiger partial charge >= 0.3 is 0 Å². The number of halogens is 1. The summed E-state index contributed by atoms with van der Waals surface area (Å²) in [6, 6.07) is 7.92. The molecule has 0 bridgehead atoms. The molecule has 0 spiro atoms. The SMILES string of the molecule is COCCOc1cccc(CNC(=O)C2CCC(N)C2)c1.Cl. The number of carbonyl (C=O) groups is 1. The van der Waals surface area contributed by atoms with Crippen LogP contribution in [0.3, 0.4) is 0 Å². The fourth-order valence-electron chi connectivity index (χ4n) is 2.58. The molecule has 22 heavy (non-hydrogen) atoms. The van der Waals surface area contributed by atoms with E-state index in [2.05, 4.69) is 5.32 Å². The van der Waals surface area contributed by atoms with Crippen molar-refractivity contribution in [2.24, 2.45) is 11.7 Å². The van der Waals surface area contributed by atoms with E-state index in [-0.39, 0.29) is 30.3 Å². The second-order valence-corrected chi connectivity index (χ2v) is 5.48. The van der Waals surface area contributed by atoms with E-state index in [1.807, 2.05) is 24.3 Å². The van der Waals surface area contributed by atoms with Crippen molar-refractivity contribution in [1.82, 2.24) is 5.32 Å². The van der Waals surface area contributed by atoms with Crippen LogP contribution in [0.5, 0.6) is 5.75 Å². The van der Waals surface area contributed by atoms with E-state index in [9.17, 15) is 4.79 Å². The van der Waals surface area contributed by atoms with E-state index in [1.165, 1.54) is 0 Å². The molecule has 0 aliphatic heterocycles. The Hall–Kier alpha value is -1.30. The largest absolute Gasteiger partial charge is 0.491 e. The molecule has 124 valence electrons. The molecule has 1 aliphatic rings. The predicted molar refractivity (Wildman–Crippen MR) is 88.2 cm³/mol. The van der Waals surface area contributed by atoms with Crippen LogP contribution in [-0.2, 0) is 16.1 Å². The summed E-state index contributed by atoms with van der Waals surface area (Å²) in [5.41, 5.74) is 6.87. The van der Waals surface area contributed by atoms with Gasteiger partial charge in [-0.15, -0.1) is 12.4 Å². The van der Waals surface area contributed by atoms with Crippen molar-refractivity contribution >= 4 is 18.3 Å². The first-order valence-corrected chi connectivity index (χ1v) is 7.43. The highest BCUT2D eigenvalue weighted by atomic mass is 35.5. The first-order valence-electron chi connectivity index (χ1n) is 7.43. The van der Waals surface area contributed by atoms with Crippen molar-refractivity contribution in [3.8, 4) is 5.75 Å². The van der Waals surface area contributed by atoms with Crippen LogP contribution in [-0.4, -0.2) is 32.3 Å². The van der Waals surface area contributed by atoms with Gasteiger partial charge in [0, 0.05) is 25.6 Å². The van der Waals surface area contributed by atoms with Crippen LogP contribution in [0.15, 0.2) is 24.3 Å². The Bertz CT molecular complexity index is 470. The fraction of sp³-hybridized carbons (Fsp3) is 0.562. The lowest BCUT2D eigenvalue weighted by Crippen LogP contribution is -2.30. The fourth-order valence-corrected chi connectivity index (χ4v) is 2.58. The average Bonchev–Trinajstić information content (AvgIpc) is 2.92. The highest BCUT2D eigenvalue weighted by Crippen LogP contribution is 2.24. The van der Waals surface area contributed by atoms with Crippen molar-refractivity contribution in [3.63, 3.8) is 0 Å². The van der Waals surface area contributed by atoms with Gasteiger partial charge in [-0.1, -0.05) is 12.1 Å². The molecule has 2 rings (SSSR count). The second-order valence-electron chi connectivity index (χ2n) is 5.48. The summed E-state index contributed by atoms with van der Waals surface area (Å²) in [7, 11) is 1.64. The Balaban J connectivity index is 0.00000242. The molecule has 3 N–H and O–H groups in total. The minimum atomic E-state index is 0. The number of carbonyl (C=O) groups excluding carboxylic acids is 1. The van der Waals surface area contributed by atoms with Gasteiger partial charge in [0.15, 0.2) is 0 Å². The van der Waals surface area contributed by atoms with Gasteiger partial charge in [0.05, 0.1) is 6.61 Å². The van der Waals surface area contributed by atoms with E-state index < -0.39 is 0 Å². The van der Waals surface area contributed by atoms with E-state index in [0.717, 1.165) is 30.6 Å². The van der Waals surface area contributed by atoms with Gasteiger partial charge in [0.2, 0.25) is 5.91 Å².